The number of amides is 1. The van der Waals surface area contributed by atoms with Crippen LogP contribution in [0.2, 0.25) is 0 Å². The number of nitrogens with one attached hydrogen (secondary N) is 1. The monoisotopic (exact) mass is 321 g/mol. The number of ether oxygens (including phenoxy) is 1. The van der Waals surface area contributed by atoms with Crippen LogP contribution in [0.15, 0.2) is 0 Å². The number of morpholine rings is 1. The Morgan fingerprint density at radius 2 is 1.95 bits per heavy atom. The molecule has 7 nitrogen and oxygen atoms in total. The molecular formula is C13H27N3O4S. The van der Waals surface area contributed by atoms with E-state index in [-0.39, 0.29) is 18.4 Å². The van der Waals surface area contributed by atoms with Gasteiger partial charge in [-0.05, 0) is 5.92 Å². The smallest absolute Gasteiger partial charge is 0.235 e. The molecule has 1 saturated heterocycles. The molecule has 0 atom stereocenters. The summed E-state index contributed by atoms with van der Waals surface area (Å²) in [5.41, 5.74) is 0. The molecule has 0 bridgehead atoms. The van der Waals surface area contributed by atoms with E-state index in [1.807, 2.05) is 13.8 Å². The second-order valence-corrected chi connectivity index (χ2v) is 7.74. The first-order valence-corrected chi connectivity index (χ1v) is 9.16. The minimum absolute atomic E-state index is 0.111. The van der Waals surface area contributed by atoms with Crippen molar-refractivity contribution in [3.8, 4) is 0 Å². The van der Waals surface area contributed by atoms with Crippen LogP contribution in [0.3, 0.4) is 0 Å². The van der Waals surface area contributed by atoms with E-state index in [0.717, 1.165) is 39.1 Å². The Kier molecular flexibility index (Phi) is 7.58. The van der Waals surface area contributed by atoms with Crippen LogP contribution in [-0.4, -0.2) is 82.3 Å². The molecule has 0 saturated carbocycles. The summed E-state index contributed by atoms with van der Waals surface area (Å²) in [5.74, 6) is -0.0739. The van der Waals surface area contributed by atoms with Crippen molar-refractivity contribution in [2.75, 3.05) is 58.7 Å². The van der Waals surface area contributed by atoms with E-state index in [9.17, 15) is 13.2 Å². The summed E-state index contributed by atoms with van der Waals surface area (Å²) in [4.78, 5) is 14.1. The predicted molar refractivity (Wildman–Crippen MR) is 81.5 cm³/mol. The highest BCUT2D eigenvalue weighted by molar-refractivity contribution is 7.88. The Bertz CT molecular complexity index is 419. The molecule has 0 radical (unpaired) electrons. The summed E-state index contributed by atoms with van der Waals surface area (Å²) in [7, 11) is -3.36. The van der Waals surface area contributed by atoms with Crippen LogP contribution < -0.4 is 5.32 Å². The molecule has 21 heavy (non-hydrogen) atoms. The minimum atomic E-state index is -3.36. The molecule has 8 heteroatoms. The fraction of sp³-hybridized carbons (Fsp3) is 0.923. The molecule has 1 aliphatic heterocycles. The Balaban J connectivity index is 2.32. The van der Waals surface area contributed by atoms with E-state index in [4.69, 9.17) is 4.74 Å². The summed E-state index contributed by atoms with van der Waals surface area (Å²) in [6.07, 6.45) is 1.14. The summed E-state index contributed by atoms with van der Waals surface area (Å²) in [6, 6.07) is 0. The zero-order chi connectivity index (χ0) is 15.9. The van der Waals surface area contributed by atoms with E-state index in [0.29, 0.717) is 13.1 Å². The SMILES string of the molecule is CC(C)CN(CC(=O)NCCN1CCOCC1)S(C)(=O)=O. The number of hydrogen-bond donors (Lipinski definition) is 1. The third kappa shape index (κ3) is 7.75. The first-order chi connectivity index (χ1) is 9.79. The van der Waals surface area contributed by atoms with Crippen LogP contribution in [-0.2, 0) is 19.6 Å². The molecule has 124 valence electrons. The van der Waals surface area contributed by atoms with Crippen molar-refractivity contribution < 1.29 is 17.9 Å². The second kappa shape index (κ2) is 8.67. The second-order valence-electron chi connectivity index (χ2n) is 5.75. The topological polar surface area (TPSA) is 79.0 Å². The fourth-order valence-electron chi connectivity index (χ4n) is 2.12. The number of carbonyl (C=O) groups excluding carboxylic acids is 1. The first kappa shape index (κ1) is 18.3. The van der Waals surface area contributed by atoms with Crippen LogP contribution >= 0.6 is 0 Å². The van der Waals surface area contributed by atoms with Crippen molar-refractivity contribution in [3.05, 3.63) is 0 Å². The molecule has 1 heterocycles. The molecule has 0 aromatic heterocycles. The number of hydrogen-bond acceptors (Lipinski definition) is 5. The molecular weight excluding hydrogens is 294 g/mol. The van der Waals surface area contributed by atoms with Gasteiger partial charge in [0.15, 0.2) is 0 Å². The fourth-order valence-corrected chi connectivity index (χ4v) is 3.04. The van der Waals surface area contributed by atoms with Gasteiger partial charge in [0, 0.05) is 32.7 Å². The Hall–Kier alpha value is -0.700. The van der Waals surface area contributed by atoms with Gasteiger partial charge in [0.1, 0.15) is 0 Å². The van der Waals surface area contributed by atoms with Gasteiger partial charge in [-0.3, -0.25) is 9.69 Å². The standard InChI is InChI=1S/C13H27N3O4S/c1-12(2)10-16(21(3,18)19)11-13(17)14-4-5-15-6-8-20-9-7-15/h12H,4-11H2,1-3H3,(H,14,17). The number of rotatable bonds is 8. The maximum atomic E-state index is 11.9. The number of carbonyl (C=O) groups is 1. The van der Waals surface area contributed by atoms with Gasteiger partial charge < -0.3 is 10.1 Å². The maximum absolute atomic E-state index is 11.9. The average molecular weight is 321 g/mol. The van der Waals surface area contributed by atoms with Crippen LogP contribution in [0.1, 0.15) is 13.8 Å². The quantitative estimate of drug-likeness (QED) is 0.643. The molecule has 0 aromatic rings. The number of sulfonamides is 1. The van der Waals surface area contributed by atoms with Gasteiger partial charge in [0.05, 0.1) is 26.0 Å². The van der Waals surface area contributed by atoms with E-state index in [1.54, 1.807) is 0 Å². The van der Waals surface area contributed by atoms with Crippen molar-refractivity contribution in [2.45, 2.75) is 13.8 Å². The van der Waals surface area contributed by atoms with E-state index < -0.39 is 10.0 Å². The third-order valence-corrected chi connectivity index (χ3v) is 4.43. The van der Waals surface area contributed by atoms with Gasteiger partial charge >= 0.3 is 0 Å². The van der Waals surface area contributed by atoms with Gasteiger partial charge in [0.2, 0.25) is 15.9 Å². The van der Waals surface area contributed by atoms with Crippen LogP contribution in [0.5, 0.6) is 0 Å². The van der Waals surface area contributed by atoms with Crippen molar-refractivity contribution in [3.63, 3.8) is 0 Å². The van der Waals surface area contributed by atoms with E-state index in [1.165, 1.54) is 4.31 Å². The molecule has 1 fully saturated rings. The highest BCUT2D eigenvalue weighted by Crippen LogP contribution is 2.03. The molecule has 1 rings (SSSR count). The molecule has 0 aliphatic carbocycles. The highest BCUT2D eigenvalue weighted by atomic mass is 32.2. The predicted octanol–water partition coefficient (Wildman–Crippen LogP) is -0.648. The van der Waals surface area contributed by atoms with E-state index >= 15 is 0 Å². The Morgan fingerprint density at radius 1 is 1.33 bits per heavy atom. The molecule has 1 aliphatic rings. The zero-order valence-corrected chi connectivity index (χ0v) is 14.0. The molecule has 0 unspecified atom stereocenters. The summed E-state index contributed by atoms with van der Waals surface area (Å²) < 4.78 is 29.8. The third-order valence-electron chi connectivity index (χ3n) is 3.21. The summed E-state index contributed by atoms with van der Waals surface area (Å²) in [6.45, 7) is 8.58. The van der Waals surface area contributed by atoms with Gasteiger partial charge in [-0.1, -0.05) is 13.8 Å². The number of nitrogens with zero attached hydrogens (tertiary/aromatic N) is 2. The van der Waals surface area contributed by atoms with Crippen LogP contribution in [0.25, 0.3) is 0 Å². The lowest BCUT2D eigenvalue weighted by Gasteiger charge is -2.26. The zero-order valence-electron chi connectivity index (χ0n) is 13.2. The summed E-state index contributed by atoms with van der Waals surface area (Å²) in [5, 5.41) is 2.78. The molecule has 1 N–H and O–H groups in total. The highest BCUT2D eigenvalue weighted by Gasteiger charge is 2.21. The summed E-state index contributed by atoms with van der Waals surface area (Å²) >= 11 is 0. The molecule has 1 amide bonds. The first-order valence-electron chi connectivity index (χ1n) is 7.31. The van der Waals surface area contributed by atoms with Gasteiger partial charge in [0.25, 0.3) is 0 Å². The molecule has 0 spiro atoms. The van der Waals surface area contributed by atoms with Gasteiger partial charge in [-0.2, -0.15) is 4.31 Å². The minimum Gasteiger partial charge on any atom is -0.379 e. The largest absolute Gasteiger partial charge is 0.379 e. The van der Waals surface area contributed by atoms with E-state index in [2.05, 4.69) is 10.2 Å². The Labute approximate surface area is 127 Å². The lowest BCUT2D eigenvalue weighted by atomic mass is 10.2. The van der Waals surface area contributed by atoms with Crippen molar-refractivity contribution in [2.24, 2.45) is 5.92 Å². The van der Waals surface area contributed by atoms with Crippen molar-refractivity contribution in [1.29, 1.82) is 0 Å². The lowest BCUT2D eigenvalue weighted by molar-refractivity contribution is -0.121. The Morgan fingerprint density at radius 3 is 2.48 bits per heavy atom. The van der Waals surface area contributed by atoms with Gasteiger partial charge in [-0.25, -0.2) is 8.42 Å². The normalized spacial score (nSPS) is 17.4. The van der Waals surface area contributed by atoms with Crippen molar-refractivity contribution >= 4 is 15.9 Å². The maximum Gasteiger partial charge on any atom is 0.235 e. The van der Waals surface area contributed by atoms with Crippen LogP contribution in [0, 0.1) is 5.92 Å². The van der Waals surface area contributed by atoms with Crippen LogP contribution in [0.4, 0.5) is 0 Å². The lowest BCUT2D eigenvalue weighted by Crippen LogP contribution is -2.45. The molecule has 0 aromatic carbocycles. The van der Waals surface area contributed by atoms with Gasteiger partial charge in [-0.15, -0.1) is 0 Å². The van der Waals surface area contributed by atoms with Crippen molar-refractivity contribution in [1.82, 2.24) is 14.5 Å². The average Bonchev–Trinajstić information content (AvgIpc) is 2.37.